The van der Waals surface area contributed by atoms with Gasteiger partial charge in [0.2, 0.25) is 5.91 Å². The molecule has 0 aliphatic heterocycles. The average molecular weight is 492 g/mol. The van der Waals surface area contributed by atoms with Crippen molar-refractivity contribution in [1.29, 1.82) is 0 Å². The molecule has 0 saturated carbocycles. The molecule has 0 saturated heterocycles. The standard InChI is InChI=1S/C25H33NO7S/c1-3-5-8-15-26(17-24(29)33-4-2)25(30)21(12-14-23(27)28)18-34(31,32)22-13-11-19-9-6-7-10-20(19)16-22/h6-7,9-11,13,16,21H,3-5,8,12,14-15,17-18H2,1-2H3,(H,27,28). The van der Waals surface area contributed by atoms with Crippen molar-refractivity contribution in [2.45, 2.75) is 50.8 Å². The summed E-state index contributed by atoms with van der Waals surface area (Å²) >= 11 is 0. The zero-order valence-electron chi connectivity index (χ0n) is 19.7. The molecule has 0 aromatic heterocycles. The molecule has 0 spiro atoms. The minimum absolute atomic E-state index is 0.0715. The van der Waals surface area contributed by atoms with Crippen LogP contribution in [0.5, 0.6) is 0 Å². The van der Waals surface area contributed by atoms with Crippen LogP contribution in [0, 0.1) is 5.92 Å². The molecule has 2 rings (SSSR count). The quantitative estimate of drug-likeness (QED) is 0.316. The molecule has 0 heterocycles. The van der Waals surface area contributed by atoms with E-state index in [2.05, 4.69) is 0 Å². The van der Waals surface area contributed by atoms with Crippen LogP contribution in [-0.2, 0) is 29.0 Å². The van der Waals surface area contributed by atoms with E-state index in [0.717, 1.165) is 23.6 Å². The predicted octanol–water partition coefficient (Wildman–Crippen LogP) is 3.68. The van der Waals surface area contributed by atoms with Gasteiger partial charge in [-0.1, -0.05) is 50.1 Å². The molecule has 9 heteroatoms. The number of unbranched alkanes of at least 4 members (excludes halogenated alkanes) is 2. The van der Waals surface area contributed by atoms with Gasteiger partial charge < -0.3 is 14.7 Å². The third-order valence-electron chi connectivity index (χ3n) is 5.53. The van der Waals surface area contributed by atoms with Crippen LogP contribution in [0.25, 0.3) is 10.8 Å². The Morgan fingerprint density at radius 1 is 1.03 bits per heavy atom. The highest BCUT2D eigenvalue weighted by Crippen LogP contribution is 2.24. The number of sulfone groups is 1. The fourth-order valence-electron chi connectivity index (χ4n) is 3.74. The lowest BCUT2D eigenvalue weighted by molar-refractivity contribution is -0.150. The highest BCUT2D eigenvalue weighted by atomic mass is 32.2. The fraction of sp³-hybridized carbons (Fsp3) is 0.480. The number of nitrogens with zero attached hydrogens (tertiary/aromatic N) is 1. The molecule has 2 aromatic rings. The minimum atomic E-state index is -3.90. The maximum atomic E-state index is 13.4. The summed E-state index contributed by atoms with van der Waals surface area (Å²) in [5.74, 6) is -3.88. The molecular weight excluding hydrogens is 458 g/mol. The van der Waals surface area contributed by atoms with E-state index in [0.29, 0.717) is 6.42 Å². The third-order valence-corrected chi connectivity index (χ3v) is 7.34. The van der Waals surface area contributed by atoms with Crippen LogP contribution in [-0.4, -0.2) is 61.7 Å². The van der Waals surface area contributed by atoms with E-state index in [1.807, 2.05) is 25.1 Å². The van der Waals surface area contributed by atoms with Gasteiger partial charge in [-0.25, -0.2) is 8.42 Å². The van der Waals surface area contributed by atoms with Crippen molar-refractivity contribution in [2.24, 2.45) is 5.92 Å². The summed E-state index contributed by atoms with van der Waals surface area (Å²) in [5.41, 5.74) is 0. The molecule has 0 radical (unpaired) electrons. The number of amides is 1. The summed E-state index contributed by atoms with van der Waals surface area (Å²) in [6.45, 7) is 3.80. The maximum absolute atomic E-state index is 13.4. The predicted molar refractivity (Wildman–Crippen MR) is 129 cm³/mol. The molecule has 186 valence electrons. The number of benzene rings is 2. The van der Waals surface area contributed by atoms with Gasteiger partial charge in [0.25, 0.3) is 0 Å². The van der Waals surface area contributed by atoms with Crippen LogP contribution in [0.4, 0.5) is 0 Å². The number of esters is 1. The van der Waals surface area contributed by atoms with Gasteiger partial charge in [-0.05, 0) is 42.7 Å². The van der Waals surface area contributed by atoms with Crippen LogP contribution >= 0.6 is 0 Å². The monoisotopic (exact) mass is 491 g/mol. The number of carboxylic acid groups (broad SMARTS) is 1. The first-order valence-electron chi connectivity index (χ1n) is 11.6. The molecule has 1 unspecified atom stereocenters. The zero-order valence-corrected chi connectivity index (χ0v) is 20.6. The van der Waals surface area contributed by atoms with Crippen molar-refractivity contribution in [1.82, 2.24) is 4.90 Å². The van der Waals surface area contributed by atoms with E-state index in [9.17, 15) is 22.8 Å². The minimum Gasteiger partial charge on any atom is -0.481 e. The molecule has 1 atom stereocenters. The summed E-state index contributed by atoms with van der Waals surface area (Å²) in [4.78, 5) is 38.0. The second-order valence-corrected chi connectivity index (χ2v) is 10.2. The van der Waals surface area contributed by atoms with Crippen molar-refractivity contribution in [3.8, 4) is 0 Å². The molecule has 0 bridgehead atoms. The van der Waals surface area contributed by atoms with Gasteiger partial charge >= 0.3 is 11.9 Å². The van der Waals surface area contributed by atoms with E-state index in [1.165, 1.54) is 11.0 Å². The highest BCUT2D eigenvalue weighted by molar-refractivity contribution is 7.91. The van der Waals surface area contributed by atoms with Crippen molar-refractivity contribution in [3.05, 3.63) is 42.5 Å². The van der Waals surface area contributed by atoms with Crippen molar-refractivity contribution in [3.63, 3.8) is 0 Å². The second kappa shape index (κ2) is 13.1. The molecule has 0 aliphatic carbocycles. The molecule has 1 amide bonds. The van der Waals surface area contributed by atoms with E-state index >= 15 is 0 Å². The first-order valence-corrected chi connectivity index (χ1v) is 13.2. The third kappa shape index (κ3) is 8.13. The maximum Gasteiger partial charge on any atom is 0.325 e. The molecular formula is C25H33NO7S. The average Bonchev–Trinajstić information content (AvgIpc) is 2.80. The van der Waals surface area contributed by atoms with Gasteiger partial charge in [-0.2, -0.15) is 0 Å². The lowest BCUT2D eigenvalue weighted by Crippen LogP contribution is -2.43. The number of hydrogen-bond acceptors (Lipinski definition) is 6. The Morgan fingerprint density at radius 3 is 2.38 bits per heavy atom. The van der Waals surface area contributed by atoms with E-state index in [4.69, 9.17) is 9.84 Å². The lowest BCUT2D eigenvalue weighted by Gasteiger charge is -2.26. The van der Waals surface area contributed by atoms with E-state index in [1.54, 1.807) is 25.1 Å². The largest absolute Gasteiger partial charge is 0.481 e. The Bertz CT molecular complexity index is 1100. The summed E-state index contributed by atoms with van der Waals surface area (Å²) in [6, 6.07) is 12.1. The van der Waals surface area contributed by atoms with Gasteiger partial charge in [0.15, 0.2) is 9.84 Å². The van der Waals surface area contributed by atoms with E-state index < -0.39 is 39.4 Å². The molecule has 1 N–H and O–H groups in total. The molecule has 8 nitrogen and oxygen atoms in total. The molecule has 0 fully saturated rings. The Labute approximate surface area is 200 Å². The number of rotatable bonds is 14. The van der Waals surface area contributed by atoms with Crippen LogP contribution in [0.2, 0.25) is 0 Å². The number of carbonyl (C=O) groups excluding carboxylic acids is 2. The van der Waals surface area contributed by atoms with Gasteiger partial charge in [0, 0.05) is 13.0 Å². The summed E-state index contributed by atoms with van der Waals surface area (Å²) in [6.07, 6.45) is 1.88. The normalized spacial score (nSPS) is 12.3. The topological polar surface area (TPSA) is 118 Å². The molecule has 0 aliphatic rings. The second-order valence-electron chi connectivity index (χ2n) is 8.19. The van der Waals surface area contributed by atoms with Crippen LogP contribution in [0.15, 0.2) is 47.4 Å². The van der Waals surface area contributed by atoms with Crippen molar-refractivity contribution >= 4 is 38.5 Å². The number of carboxylic acids is 1. The van der Waals surface area contributed by atoms with Gasteiger partial charge in [-0.15, -0.1) is 0 Å². The Kier molecular flexibility index (Phi) is 10.5. The number of ether oxygens (including phenoxy) is 1. The van der Waals surface area contributed by atoms with E-state index in [-0.39, 0.29) is 37.4 Å². The number of fused-ring (bicyclic) bond motifs is 1. The highest BCUT2D eigenvalue weighted by Gasteiger charge is 2.31. The van der Waals surface area contributed by atoms with Crippen LogP contribution < -0.4 is 0 Å². The van der Waals surface area contributed by atoms with Crippen molar-refractivity contribution in [2.75, 3.05) is 25.4 Å². The summed E-state index contributed by atoms with van der Waals surface area (Å²) in [5, 5.41) is 10.8. The van der Waals surface area contributed by atoms with Crippen LogP contribution in [0.3, 0.4) is 0 Å². The van der Waals surface area contributed by atoms with Gasteiger partial charge in [-0.3, -0.25) is 14.4 Å². The number of hydrogen-bond donors (Lipinski definition) is 1. The fourth-order valence-corrected chi connectivity index (χ4v) is 5.35. The Balaban J connectivity index is 2.31. The Morgan fingerprint density at radius 2 is 1.74 bits per heavy atom. The smallest absolute Gasteiger partial charge is 0.325 e. The summed E-state index contributed by atoms with van der Waals surface area (Å²) < 4.78 is 31.4. The van der Waals surface area contributed by atoms with Gasteiger partial charge in [0.05, 0.1) is 23.2 Å². The SMILES string of the molecule is CCCCCN(CC(=O)OCC)C(=O)C(CCC(=O)O)CS(=O)(=O)c1ccc2ccccc2c1. The summed E-state index contributed by atoms with van der Waals surface area (Å²) in [7, 11) is -3.90. The first-order chi connectivity index (χ1) is 16.2. The van der Waals surface area contributed by atoms with Crippen LogP contribution in [0.1, 0.15) is 46.0 Å². The zero-order chi connectivity index (χ0) is 25.1. The Hall–Kier alpha value is -2.94. The number of aliphatic carboxylic acids is 1. The molecule has 2 aromatic carbocycles. The first kappa shape index (κ1) is 27.3. The lowest BCUT2D eigenvalue weighted by atomic mass is 10.0. The number of carbonyl (C=O) groups is 3. The molecule has 34 heavy (non-hydrogen) atoms. The van der Waals surface area contributed by atoms with Crippen molar-refractivity contribution < 1.29 is 32.6 Å². The van der Waals surface area contributed by atoms with Gasteiger partial charge in [0.1, 0.15) is 6.54 Å².